The topological polar surface area (TPSA) is 185 Å². The third-order valence-corrected chi connectivity index (χ3v) is 5.32. The summed E-state index contributed by atoms with van der Waals surface area (Å²) in [5, 5.41) is 21.4. The predicted molar refractivity (Wildman–Crippen MR) is 147 cm³/mol. The lowest BCUT2D eigenvalue weighted by molar-refractivity contribution is -0.385. The Kier molecular flexibility index (Phi) is 13.3. The van der Waals surface area contributed by atoms with Gasteiger partial charge in [0.25, 0.3) is 11.4 Å². The second kappa shape index (κ2) is 17.6. The highest BCUT2D eigenvalue weighted by Gasteiger charge is 2.14. The van der Waals surface area contributed by atoms with E-state index in [0.717, 1.165) is 5.56 Å². The summed E-state index contributed by atoms with van der Waals surface area (Å²) in [6.07, 6.45) is -2.58. The normalized spacial score (nSPS) is 11.3. The average molecular weight is 601 g/mol. The minimum absolute atomic E-state index is 0.00592. The molecule has 15 heteroatoms. The van der Waals surface area contributed by atoms with Crippen molar-refractivity contribution in [1.82, 2.24) is 0 Å². The van der Waals surface area contributed by atoms with Crippen LogP contribution in [-0.2, 0) is 30.3 Å². The first-order valence-electron chi connectivity index (χ1n) is 12.8. The Hall–Kier alpha value is -5.12. The van der Waals surface area contributed by atoms with Crippen molar-refractivity contribution < 1.29 is 52.6 Å². The van der Waals surface area contributed by atoms with Crippen molar-refractivity contribution in [2.75, 3.05) is 39.6 Å². The van der Waals surface area contributed by atoms with Gasteiger partial charge in [-0.2, -0.15) is 0 Å². The van der Waals surface area contributed by atoms with Crippen LogP contribution in [0.4, 0.5) is 21.0 Å². The van der Waals surface area contributed by atoms with E-state index in [-0.39, 0.29) is 62.5 Å². The molecule has 0 aliphatic carbocycles. The molecule has 228 valence electrons. The van der Waals surface area contributed by atoms with Gasteiger partial charge in [0.1, 0.15) is 30.8 Å². The molecular weight excluding hydrogens is 572 g/mol. The van der Waals surface area contributed by atoms with Crippen LogP contribution in [0.3, 0.4) is 0 Å². The van der Waals surface area contributed by atoms with Crippen molar-refractivity contribution in [3.05, 3.63) is 105 Å². The van der Waals surface area contributed by atoms with Gasteiger partial charge in [0.2, 0.25) is 0 Å². The Morgan fingerprint density at radius 3 is 1.63 bits per heavy atom. The van der Waals surface area contributed by atoms with Crippen LogP contribution < -0.4 is 9.47 Å². The van der Waals surface area contributed by atoms with Crippen LogP contribution in [-0.4, -0.2) is 67.9 Å². The largest absolute Gasteiger partial charge is 0.513 e. The second-order valence-corrected chi connectivity index (χ2v) is 8.47. The zero-order chi connectivity index (χ0) is 30.9. The predicted octanol–water partition coefficient (Wildman–Crippen LogP) is 4.85. The molecule has 0 fully saturated rings. The van der Waals surface area contributed by atoms with E-state index in [1.54, 1.807) is 0 Å². The first-order valence-corrected chi connectivity index (χ1v) is 12.8. The highest BCUT2D eigenvalue weighted by Crippen LogP contribution is 2.18. The number of carbonyl (C=O) groups is 2. The minimum Gasteiger partial charge on any atom is -0.432 e. The number of carbonyl (C=O) groups excluding carboxylic acids is 2. The summed E-state index contributed by atoms with van der Waals surface area (Å²) in [4.78, 5) is 44.0. The first kappa shape index (κ1) is 32.4. The molecule has 0 heterocycles. The summed E-state index contributed by atoms with van der Waals surface area (Å²) in [6.45, 7) is 0.228. The molecule has 0 saturated heterocycles. The number of rotatable bonds is 17. The molecule has 0 aromatic heterocycles. The van der Waals surface area contributed by atoms with E-state index in [1.165, 1.54) is 48.5 Å². The van der Waals surface area contributed by atoms with Gasteiger partial charge >= 0.3 is 12.3 Å². The fraction of sp³-hybridized carbons (Fsp3) is 0.286. The number of ether oxygens (including phenoxy) is 7. The number of non-ortho nitro benzene ring substituents is 2. The molecule has 3 rings (SSSR count). The molecule has 0 aliphatic heterocycles. The second-order valence-electron chi connectivity index (χ2n) is 8.47. The summed E-state index contributed by atoms with van der Waals surface area (Å²) >= 11 is 0. The summed E-state index contributed by atoms with van der Waals surface area (Å²) in [7, 11) is 0. The number of benzene rings is 3. The zero-order valence-corrected chi connectivity index (χ0v) is 22.7. The summed E-state index contributed by atoms with van der Waals surface area (Å²) in [5.41, 5.74) is 0.664. The van der Waals surface area contributed by atoms with Gasteiger partial charge in [-0.15, -0.1) is 0 Å². The number of nitro benzene ring substituents is 2. The van der Waals surface area contributed by atoms with Crippen LogP contribution >= 0.6 is 0 Å². The van der Waals surface area contributed by atoms with Crippen LogP contribution in [0.5, 0.6) is 11.5 Å². The van der Waals surface area contributed by atoms with E-state index in [1.807, 2.05) is 30.3 Å². The number of hydrogen-bond acceptors (Lipinski definition) is 13. The smallest absolute Gasteiger partial charge is 0.432 e. The SMILES string of the molecule is O=C(OCCOCC(COCc1ccccc1)OCCOC(=O)Oc1ccc([N+](=O)[O-])cc1)Oc1ccc([N+](=O)[O-])cc1. The lowest BCUT2D eigenvalue weighted by Gasteiger charge is -2.18. The van der Waals surface area contributed by atoms with Gasteiger partial charge in [0.05, 0.1) is 42.9 Å². The molecule has 3 aromatic rings. The van der Waals surface area contributed by atoms with Crippen molar-refractivity contribution in [3.8, 4) is 11.5 Å². The van der Waals surface area contributed by atoms with Crippen LogP contribution in [0.1, 0.15) is 5.56 Å². The van der Waals surface area contributed by atoms with Crippen molar-refractivity contribution in [2.45, 2.75) is 12.7 Å². The maximum absolute atomic E-state index is 11.9. The molecule has 0 bridgehead atoms. The van der Waals surface area contributed by atoms with E-state index in [9.17, 15) is 29.8 Å². The van der Waals surface area contributed by atoms with Crippen molar-refractivity contribution in [3.63, 3.8) is 0 Å². The van der Waals surface area contributed by atoms with E-state index in [2.05, 4.69) is 0 Å². The molecule has 15 nitrogen and oxygen atoms in total. The highest BCUT2D eigenvalue weighted by molar-refractivity contribution is 5.64. The minimum atomic E-state index is -1.01. The molecule has 1 unspecified atom stereocenters. The molecule has 0 radical (unpaired) electrons. The Balaban J connectivity index is 1.36. The van der Waals surface area contributed by atoms with Gasteiger partial charge < -0.3 is 33.2 Å². The molecule has 3 aromatic carbocycles. The van der Waals surface area contributed by atoms with Crippen LogP contribution in [0.15, 0.2) is 78.9 Å². The third kappa shape index (κ3) is 12.5. The van der Waals surface area contributed by atoms with Gasteiger partial charge in [0, 0.05) is 24.3 Å². The molecule has 0 spiro atoms. The van der Waals surface area contributed by atoms with Gasteiger partial charge in [-0.3, -0.25) is 20.2 Å². The number of nitro groups is 2. The lowest BCUT2D eigenvalue weighted by atomic mass is 10.2. The Labute approximate surface area is 245 Å². The van der Waals surface area contributed by atoms with Crippen LogP contribution in [0.25, 0.3) is 0 Å². The summed E-state index contributed by atoms with van der Waals surface area (Å²) < 4.78 is 36.8. The van der Waals surface area contributed by atoms with E-state index in [0.29, 0.717) is 6.61 Å². The Morgan fingerprint density at radius 2 is 1.12 bits per heavy atom. The van der Waals surface area contributed by atoms with E-state index in [4.69, 9.17) is 33.2 Å². The standard InChI is InChI=1S/C28H28N2O13/c31-27(42-24-10-6-22(7-11-24)29(33)34)40-15-14-37-19-26(20-38-18-21-4-2-1-3-5-21)39-16-17-41-28(32)43-25-12-8-23(9-13-25)30(35)36/h1-13,26H,14-20H2. The molecule has 0 N–H and O–H groups in total. The van der Waals surface area contributed by atoms with E-state index < -0.39 is 28.3 Å². The molecule has 0 aliphatic rings. The Morgan fingerprint density at radius 1 is 0.628 bits per heavy atom. The van der Waals surface area contributed by atoms with Gasteiger partial charge in [-0.25, -0.2) is 9.59 Å². The van der Waals surface area contributed by atoms with E-state index >= 15 is 0 Å². The zero-order valence-electron chi connectivity index (χ0n) is 22.7. The summed E-state index contributed by atoms with van der Waals surface area (Å²) in [6, 6.07) is 19.3. The molecular formula is C28H28N2O13. The monoisotopic (exact) mass is 600 g/mol. The van der Waals surface area contributed by atoms with Crippen molar-refractivity contribution in [1.29, 1.82) is 0 Å². The quantitative estimate of drug-likeness (QED) is 0.0673. The van der Waals surface area contributed by atoms with Crippen molar-refractivity contribution >= 4 is 23.7 Å². The average Bonchev–Trinajstić information content (AvgIpc) is 3.00. The van der Waals surface area contributed by atoms with Gasteiger partial charge in [-0.1, -0.05) is 30.3 Å². The van der Waals surface area contributed by atoms with Gasteiger partial charge in [0.15, 0.2) is 0 Å². The number of nitrogens with zero attached hydrogens (tertiary/aromatic N) is 2. The maximum Gasteiger partial charge on any atom is 0.513 e. The number of hydrogen-bond donors (Lipinski definition) is 0. The van der Waals surface area contributed by atoms with Crippen LogP contribution in [0, 0.1) is 20.2 Å². The highest BCUT2D eigenvalue weighted by atomic mass is 16.7. The molecule has 0 saturated carbocycles. The Bertz CT molecular complexity index is 1320. The summed E-state index contributed by atoms with van der Waals surface area (Å²) in [5.74, 6) is 0.162. The first-order chi connectivity index (χ1) is 20.8. The van der Waals surface area contributed by atoms with Gasteiger partial charge in [-0.05, 0) is 29.8 Å². The maximum atomic E-state index is 11.9. The molecule has 43 heavy (non-hydrogen) atoms. The fourth-order valence-electron chi connectivity index (χ4n) is 3.29. The third-order valence-electron chi connectivity index (χ3n) is 5.32. The van der Waals surface area contributed by atoms with Crippen LogP contribution in [0.2, 0.25) is 0 Å². The molecule has 1 atom stereocenters. The molecule has 0 amide bonds. The van der Waals surface area contributed by atoms with Crippen molar-refractivity contribution in [2.24, 2.45) is 0 Å². The fourth-order valence-corrected chi connectivity index (χ4v) is 3.29. The lowest BCUT2D eigenvalue weighted by Crippen LogP contribution is -2.28.